The van der Waals surface area contributed by atoms with Gasteiger partial charge in [-0.05, 0) is 5.92 Å². The minimum absolute atomic E-state index is 0.0187. The number of H-pyrrole nitrogens is 1. The zero-order chi connectivity index (χ0) is 13.6. The fraction of sp³-hybridized carbons (Fsp3) is 0.692. The number of ether oxygens (including phenoxy) is 1. The van der Waals surface area contributed by atoms with E-state index in [1.54, 1.807) is 6.20 Å². The summed E-state index contributed by atoms with van der Waals surface area (Å²) in [6, 6.07) is 0.0674. The summed E-state index contributed by atoms with van der Waals surface area (Å²) >= 11 is 0. The molecule has 0 bridgehead atoms. The third-order valence-corrected chi connectivity index (χ3v) is 4.19. The molecule has 0 aromatic carbocycles. The molecule has 0 amide bonds. The lowest BCUT2D eigenvalue weighted by Crippen LogP contribution is -2.65. The number of nitrogens with zero attached hydrogens (tertiary/aromatic N) is 2. The van der Waals surface area contributed by atoms with Crippen LogP contribution in [-0.2, 0) is 4.74 Å². The van der Waals surface area contributed by atoms with E-state index in [0.717, 1.165) is 18.8 Å². The predicted molar refractivity (Wildman–Crippen MR) is 72.4 cm³/mol. The molecule has 1 atom stereocenters. The quantitative estimate of drug-likeness (QED) is 0.789. The molecule has 0 aliphatic carbocycles. The van der Waals surface area contributed by atoms with E-state index in [-0.39, 0.29) is 22.9 Å². The van der Waals surface area contributed by atoms with E-state index in [4.69, 9.17) is 10.5 Å². The molecule has 1 aromatic rings. The van der Waals surface area contributed by atoms with Crippen molar-refractivity contribution in [1.29, 1.82) is 0 Å². The van der Waals surface area contributed by atoms with Gasteiger partial charge < -0.3 is 20.4 Å². The van der Waals surface area contributed by atoms with Crippen molar-refractivity contribution in [2.45, 2.75) is 25.8 Å². The zero-order valence-corrected chi connectivity index (χ0v) is 11.3. The first-order chi connectivity index (χ1) is 9.02. The van der Waals surface area contributed by atoms with Crippen molar-refractivity contribution in [1.82, 2.24) is 9.97 Å². The second-order valence-corrected chi connectivity index (χ2v) is 5.99. The third kappa shape index (κ3) is 1.95. The Morgan fingerprint density at radius 1 is 1.58 bits per heavy atom. The van der Waals surface area contributed by atoms with Gasteiger partial charge in [0.2, 0.25) is 0 Å². The van der Waals surface area contributed by atoms with Crippen LogP contribution in [0.15, 0.2) is 11.0 Å². The molecule has 6 heteroatoms. The lowest BCUT2D eigenvalue weighted by Gasteiger charge is -2.49. The smallest absolute Gasteiger partial charge is 0.291 e. The molecule has 1 spiro atoms. The molecular formula is C13H20N4O2. The fourth-order valence-electron chi connectivity index (χ4n) is 2.79. The Bertz CT molecular complexity index is 534. The van der Waals surface area contributed by atoms with Gasteiger partial charge >= 0.3 is 0 Å². The Morgan fingerprint density at radius 3 is 2.84 bits per heavy atom. The summed E-state index contributed by atoms with van der Waals surface area (Å²) in [5.74, 6) is 0.766. The molecule has 2 saturated heterocycles. The number of hydrogen-bond donors (Lipinski definition) is 2. The molecular weight excluding hydrogens is 244 g/mol. The second-order valence-electron chi connectivity index (χ2n) is 5.99. The summed E-state index contributed by atoms with van der Waals surface area (Å²) in [5.41, 5.74) is 6.83. The average molecular weight is 264 g/mol. The topological polar surface area (TPSA) is 84.2 Å². The normalized spacial score (nSPS) is 25.1. The van der Waals surface area contributed by atoms with Crippen LogP contribution in [0.3, 0.4) is 0 Å². The number of rotatable bonds is 2. The van der Waals surface area contributed by atoms with Gasteiger partial charge in [-0.1, -0.05) is 13.8 Å². The number of anilines is 1. The van der Waals surface area contributed by atoms with Crippen molar-refractivity contribution in [3.05, 3.63) is 22.2 Å². The summed E-state index contributed by atoms with van der Waals surface area (Å²) < 4.78 is 5.42. The van der Waals surface area contributed by atoms with Crippen LogP contribution >= 0.6 is 0 Å². The third-order valence-electron chi connectivity index (χ3n) is 4.19. The van der Waals surface area contributed by atoms with E-state index in [9.17, 15) is 4.79 Å². The van der Waals surface area contributed by atoms with Crippen molar-refractivity contribution >= 4 is 5.82 Å². The first-order valence-electron chi connectivity index (χ1n) is 6.69. The van der Waals surface area contributed by atoms with Gasteiger partial charge in [-0.2, -0.15) is 0 Å². The second kappa shape index (κ2) is 4.31. The Balaban J connectivity index is 1.77. The maximum absolute atomic E-state index is 12.0. The maximum atomic E-state index is 12.0. The van der Waals surface area contributed by atoms with Gasteiger partial charge in [0.25, 0.3) is 5.56 Å². The molecule has 0 radical (unpaired) electrons. The number of aromatic nitrogens is 2. The monoisotopic (exact) mass is 264 g/mol. The lowest BCUT2D eigenvalue weighted by molar-refractivity contribution is 0.128. The van der Waals surface area contributed by atoms with Gasteiger partial charge in [-0.25, -0.2) is 4.98 Å². The summed E-state index contributed by atoms with van der Waals surface area (Å²) in [5, 5.41) is 0. The Morgan fingerprint density at radius 2 is 2.32 bits per heavy atom. The molecule has 104 valence electrons. The highest BCUT2D eigenvalue weighted by Gasteiger charge is 2.52. The van der Waals surface area contributed by atoms with Crippen LogP contribution in [0.2, 0.25) is 0 Å². The Hall–Kier alpha value is -1.40. The van der Waals surface area contributed by atoms with E-state index in [1.165, 1.54) is 0 Å². The van der Waals surface area contributed by atoms with E-state index < -0.39 is 0 Å². The largest absolute Gasteiger partial charge is 0.379 e. The summed E-state index contributed by atoms with van der Waals surface area (Å²) in [6.07, 6.45) is 1.75. The number of nitrogens with one attached hydrogen (secondary N) is 1. The van der Waals surface area contributed by atoms with Crippen LogP contribution < -0.4 is 16.2 Å². The molecule has 2 aliphatic rings. The Kier molecular flexibility index (Phi) is 2.87. The first kappa shape index (κ1) is 12.6. The molecule has 0 unspecified atom stereocenters. The van der Waals surface area contributed by atoms with Gasteiger partial charge in [0.15, 0.2) is 5.82 Å². The number of nitrogens with two attached hydrogens (primary N) is 1. The molecule has 3 rings (SSSR count). The van der Waals surface area contributed by atoms with Crippen molar-refractivity contribution < 1.29 is 4.74 Å². The van der Waals surface area contributed by atoms with Crippen LogP contribution in [0.25, 0.3) is 0 Å². The number of aromatic amines is 1. The summed E-state index contributed by atoms with van der Waals surface area (Å²) in [7, 11) is 0. The van der Waals surface area contributed by atoms with Crippen molar-refractivity contribution in [2.75, 3.05) is 31.2 Å². The van der Waals surface area contributed by atoms with Crippen LogP contribution in [0.1, 0.15) is 25.5 Å². The molecule has 2 fully saturated rings. The standard InChI is InChI=1S/C13H20N4O2/c1-8(2)9-3-15-11(12(18)16-9)17-5-13(6-17)7-19-4-10(13)14/h3,8,10H,4-7,14H2,1-2H3,(H,16,18)/t10-/m0/s1. The van der Waals surface area contributed by atoms with Gasteiger partial charge in [0.1, 0.15) is 0 Å². The van der Waals surface area contributed by atoms with Crippen molar-refractivity contribution in [3.63, 3.8) is 0 Å². The molecule has 2 aliphatic heterocycles. The highest BCUT2D eigenvalue weighted by Crippen LogP contribution is 2.38. The SMILES string of the molecule is CC(C)c1cnc(N2CC3(COC[C@@H]3N)C2)c(=O)[nH]1. The van der Waals surface area contributed by atoms with E-state index in [0.29, 0.717) is 19.0 Å². The molecule has 19 heavy (non-hydrogen) atoms. The predicted octanol–water partition coefficient (Wildman–Crippen LogP) is 0.0572. The van der Waals surface area contributed by atoms with E-state index >= 15 is 0 Å². The summed E-state index contributed by atoms with van der Waals surface area (Å²) in [6.45, 7) is 6.87. The van der Waals surface area contributed by atoms with Crippen LogP contribution in [0.4, 0.5) is 5.82 Å². The van der Waals surface area contributed by atoms with Gasteiger partial charge in [0, 0.05) is 36.4 Å². The fourth-order valence-corrected chi connectivity index (χ4v) is 2.79. The number of hydrogen-bond acceptors (Lipinski definition) is 5. The molecule has 3 heterocycles. The van der Waals surface area contributed by atoms with Gasteiger partial charge in [0.05, 0.1) is 13.2 Å². The van der Waals surface area contributed by atoms with Gasteiger partial charge in [-0.15, -0.1) is 0 Å². The van der Waals surface area contributed by atoms with Crippen LogP contribution in [-0.4, -0.2) is 42.3 Å². The molecule has 3 N–H and O–H groups in total. The zero-order valence-electron chi connectivity index (χ0n) is 11.3. The summed E-state index contributed by atoms with van der Waals surface area (Å²) in [4.78, 5) is 21.2. The van der Waals surface area contributed by atoms with E-state index in [1.807, 2.05) is 18.7 Å². The lowest BCUT2D eigenvalue weighted by atomic mass is 9.76. The molecule has 6 nitrogen and oxygen atoms in total. The minimum Gasteiger partial charge on any atom is -0.379 e. The Labute approximate surface area is 112 Å². The highest BCUT2D eigenvalue weighted by molar-refractivity contribution is 5.42. The van der Waals surface area contributed by atoms with Crippen LogP contribution in [0, 0.1) is 5.41 Å². The van der Waals surface area contributed by atoms with Crippen LogP contribution in [0.5, 0.6) is 0 Å². The van der Waals surface area contributed by atoms with Crippen molar-refractivity contribution in [2.24, 2.45) is 11.1 Å². The maximum Gasteiger partial charge on any atom is 0.291 e. The van der Waals surface area contributed by atoms with E-state index in [2.05, 4.69) is 9.97 Å². The van der Waals surface area contributed by atoms with Gasteiger partial charge in [-0.3, -0.25) is 4.79 Å². The average Bonchev–Trinajstić information content (AvgIpc) is 2.69. The molecule has 1 aromatic heterocycles. The van der Waals surface area contributed by atoms with Crippen molar-refractivity contribution in [3.8, 4) is 0 Å². The minimum atomic E-state index is -0.117. The highest BCUT2D eigenvalue weighted by atomic mass is 16.5. The first-order valence-corrected chi connectivity index (χ1v) is 6.69. The molecule has 0 saturated carbocycles.